The molecule has 0 aromatic carbocycles. The number of piperidine rings is 1. The molecule has 6 nitrogen and oxygen atoms in total. The second-order valence-corrected chi connectivity index (χ2v) is 5.43. The predicted octanol–water partition coefficient (Wildman–Crippen LogP) is -0.164. The van der Waals surface area contributed by atoms with Gasteiger partial charge in [0, 0.05) is 26.1 Å². The van der Waals surface area contributed by atoms with E-state index < -0.39 is 11.4 Å². The van der Waals surface area contributed by atoms with Gasteiger partial charge in [0.05, 0.1) is 11.3 Å². The molecule has 0 saturated carbocycles. The molecule has 0 aliphatic carbocycles. The third kappa shape index (κ3) is 2.32. The lowest BCUT2D eigenvalue weighted by Crippen LogP contribution is -2.50. The van der Waals surface area contributed by atoms with Gasteiger partial charge in [-0.1, -0.05) is 0 Å². The van der Waals surface area contributed by atoms with Gasteiger partial charge in [0.25, 0.3) is 0 Å². The Balaban J connectivity index is 2.03. The van der Waals surface area contributed by atoms with Crippen molar-refractivity contribution in [3.05, 3.63) is 0 Å². The van der Waals surface area contributed by atoms with Gasteiger partial charge in [-0.25, -0.2) is 0 Å². The van der Waals surface area contributed by atoms with Crippen LogP contribution in [0.4, 0.5) is 0 Å². The van der Waals surface area contributed by atoms with E-state index in [0.29, 0.717) is 25.9 Å². The minimum absolute atomic E-state index is 0.0967. The summed E-state index contributed by atoms with van der Waals surface area (Å²) in [5.41, 5.74) is -0.857. The largest absolute Gasteiger partial charge is 0.481 e. The fraction of sp³-hybridized carbons (Fsp3) is 0.750. The van der Waals surface area contributed by atoms with E-state index in [1.807, 2.05) is 0 Å². The number of carbonyl (C=O) groups is 3. The lowest BCUT2D eigenvalue weighted by atomic mass is 9.81. The molecule has 6 heteroatoms. The predicted molar refractivity (Wildman–Crippen MR) is 62.7 cm³/mol. The van der Waals surface area contributed by atoms with Crippen LogP contribution in [-0.4, -0.2) is 47.4 Å². The van der Waals surface area contributed by atoms with E-state index in [2.05, 4.69) is 5.32 Å². The summed E-state index contributed by atoms with van der Waals surface area (Å²) in [5.74, 6) is -1.39. The number of hydrogen-bond donors (Lipinski definition) is 2. The average Bonchev–Trinajstić information content (AvgIpc) is 2.75. The molecule has 2 aliphatic rings. The van der Waals surface area contributed by atoms with E-state index in [-0.39, 0.29) is 30.7 Å². The van der Waals surface area contributed by atoms with Crippen LogP contribution in [0.15, 0.2) is 0 Å². The second-order valence-electron chi connectivity index (χ2n) is 5.43. The summed E-state index contributed by atoms with van der Waals surface area (Å²) in [5, 5.41) is 11.8. The molecule has 2 amide bonds. The summed E-state index contributed by atoms with van der Waals surface area (Å²) in [4.78, 5) is 36.1. The average molecular weight is 254 g/mol. The number of carbonyl (C=O) groups excluding carboxylic acids is 2. The molecule has 0 spiro atoms. The summed E-state index contributed by atoms with van der Waals surface area (Å²) in [6.45, 7) is 2.88. The van der Waals surface area contributed by atoms with Gasteiger partial charge in [-0.15, -0.1) is 0 Å². The zero-order valence-corrected chi connectivity index (χ0v) is 10.4. The Morgan fingerprint density at radius 1 is 1.50 bits per heavy atom. The zero-order valence-electron chi connectivity index (χ0n) is 10.4. The van der Waals surface area contributed by atoms with Gasteiger partial charge in [0.1, 0.15) is 0 Å². The Bertz CT molecular complexity index is 396. The van der Waals surface area contributed by atoms with Crippen LogP contribution in [0.2, 0.25) is 0 Å². The molecule has 0 radical (unpaired) electrons. The van der Waals surface area contributed by atoms with Crippen molar-refractivity contribution in [1.29, 1.82) is 0 Å². The van der Waals surface area contributed by atoms with E-state index >= 15 is 0 Å². The van der Waals surface area contributed by atoms with Gasteiger partial charge in [-0.2, -0.15) is 0 Å². The first kappa shape index (κ1) is 12.9. The summed E-state index contributed by atoms with van der Waals surface area (Å²) in [6, 6.07) is 0. The summed E-state index contributed by atoms with van der Waals surface area (Å²) in [6.07, 6.45) is 1.51. The van der Waals surface area contributed by atoms with E-state index in [4.69, 9.17) is 0 Å². The number of likely N-dealkylation sites (tertiary alicyclic amines) is 1. The van der Waals surface area contributed by atoms with Gasteiger partial charge in [-0.05, 0) is 19.8 Å². The van der Waals surface area contributed by atoms with Gasteiger partial charge in [-0.3, -0.25) is 14.4 Å². The summed E-state index contributed by atoms with van der Waals surface area (Å²) >= 11 is 0. The normalized spacial score (nSPS) is 32.2. The van der Waals surface area contributed by atoms with Crippen LogP contribution in [0.3, 0.4) is 0 Å². The molecular formula is C12H18N2O4. The Kier molecular flexibility index (Phi) is 3.28. The highest BCUT2D eigenvalue weighted by Crippen LogP contribution is 2.30. The highest BCUT2D eigenvalue weighted by molar-refractivity contribution is 5.89. The number of carboxylic acids is 1. The molecule has 2 N–H and O–H groups in total. The van der Waals surface area contributed by atoms with E-state index in [0.717, 1.165) is 0 Å². The third-order valence-electron chi connectivity index (χ3n) is 3.85. The highest BCUT2D eigenvalue weighted by Gasteiger charge is 2.41. The Labute approximate surface area is 105 Å². The number of hydrogen-bond acceptors (Lipinski definition) is 3. The van der Waals surface area contributed by atoms with E-state index in [9.17, 15) is 19.5 Å². The first-order chi connectivity index (χ1) is 8.42. The molecule has 2 saturated heterocycles. The number of nitrogens with one attached hydrogen (secondary N) is 1. The standard InChI is InChI=1S/C12H18N2O4/c1-12(11(17)18)3-2-4-14(7-12)10(16)8-5-9(15)13-6-8/h8H,2-7H2,1H3,(H,13,15)(H,17,18). The number of rotatable bonds is 2. The van der Waals surface area contributed by atoms with Crippen LogP contribution in [0, 0.1) is 11.3 Å². The molecule has 2 unspecified atom stereocenters. The Hall–Kier alpha value is -1.59. The molecule has 2 aliphatic heterocycles. The fourth-order valence-electron chi connectivity index (χ4n) is 2.64. The van der Waals surface area contributed by atoms with Crippen LogP contribution in [0.1, 0.15) is 26.2 Å². The number of nitrogens with zero attached hydrogens (tertiary/aromatic N) is 1. The number of aliphatic carboxylic acids is 1. The van der Waals surface area contributed by atoms with Crippen molar-refractivity contribution < 1.29 is 19.5 Å². The van der Waals surface area contributed by atoms with Crippen LogP contribution < -0.4 is 5.32 Å². The molecule has 0 aromatic heterocycles. The lowest BCUT2D eigenvalue weighted by Gasteiger charge is -2.38. The first-order valence-electron chi connectivity index (χ1n) is 6.21. The number of amides is 2. The molecule has 0 aromatic rings. The Morgan fingerprint density at radius 2 is 2.22 bits per heavy atom. The monoisotopic (exact) mass is 254 g/mol. The second kappa shape index (κ2) is 4.59. The molecule has 18 heavy (non-hydrogen) atoms. The first-order valence-corrected chi connectivity index (χ1v) is 6.21. The quantitative estimate of drug-likeness (QED) is 0.716. The van der Waals surface area contributed by atoms with E-state index in [1.165, 1.54) is 0 Å². The minimum Gasteiger partial charge on any atom is -0.481 e. The maximum atomic E-state index is 12.2. The zero-order chi connectivity index (χ0) is 13.3. The third-order valence-corrected chi connectivity index (χ3v) is 3.85. The summed E-state index contributed by atoms with van der Waals surface area (Å²) < 4.78 is 0. The van der Waals surface area contributed by atoms with Crippen molar-refractivity contribution >= 4 is 17.8 Å². The van der Waals surface area contributed by atoms with Gasteiger partial charge < -0.3 is 15.3 Å². The fourth-order valence-corrected chi connectivity index (χ4v) is 2.64. The molecule has 2 atom stereocenters. The van der Waals surface area contributed by atoms with Crippen molar-refractivity contribution in [2.75, 3.05) is 19.6 Å². The molecule has 2 fully saturated rings. The Morgan fingerprint density at radius 3 is 2.78 bits per heavy atom. The maximum Gasteiger partial charge on any atom is 0.311 e. The van der Waals surface area contributed by atoms with Crippen molar-refractivity contribution in [3.8, 4) is 0 Å². The van der Waals surface area contributed by atoms with Crippen LogP contribution in [0.25, 0.3) is 0 Å². The highest BCUT2D eigenvalue weighted by atomic mass is 16.4. The molecular weight excluding hydrogens is 236 g/mol. The molecule has 2 rings (SSSR count). The van der Waals surface area contributed by atoms with Crippen LogP contribution in [-0.2, 0) is 14.4 Å². The van der Waals surface area contributed by atoms with Crippen molar-refractivity contribution in [1.82, 2.24) is 10.2 Å². The van der Waals surface area contributed by atoms with Crippen molar-refractivity contribution in [2.45, 2.75) is 26.2 Å². The molecule has 2 heterocycles. The van der Waals surface area contributed by atoms with Crippen molar-refractivity contribution in [3.63, 3.8) is 0 Å². The molecule has 100 valence electrons. The van der Waals surface area contributed by atoms with Crippen LogP contribution in [0.5, 0.6) is 0 Å². The topological polar surface area (TPSA) is 86.7 Å². The van der Waals surface area contributed by atoms with Gasteiger partial charge in [0.2, 0.25) is 11.8 Å². The summed E-state index contributed by atoms with van der Waals surface area (Å²) in [7, 11) is 0. The van der Waals surface area contributed by atoms with Crippen molar-refractivity contribution in [2.24, 2.45) is 11.3 Å². The van der Waals surface area contributed by atoms with Crippen LogP contribution >= 0.6 is 0 Å². The maximum absolute atomic E-state index is 12.2. The van der Waals surface area contributed by atoms with Gasteiger partial charge in [0.15, 0.2) is 0 Å². The smallest absolute Gasteiger partial charge is 0.311 e. The van der Waals surface area contributed by atoms with E-state index in [1.54, 1.807) is 11.8 Å². The lowest BCUT2D eigenvalue weighted by molar-refractivity contribution is -0.154. The molecule has 0 bridgehead atoms. The minimum atomic E-state index is -0.861. The van der Waals surface area contributed by atoms with Gasteiger partial charge >= 0.3 is 5.97 Å². The SMILES string of the molecule is CC1(C(=O)O)CCCN(C(=O)C2CNC(=O)C2)C1. The number of carboxylic acid groups (broad SMARTS) is 1.